The van der Waals surface area contributed by atoms with Crippen LogP contribution in [0.2, 0.25) is 0 Å². The molecule has 0 saturated carbocycles. The van der Waals surface area contributed by atoms with Crippen molar-refractivity contribution in [2.45, 2.75) is 32.2 Å². The third-order valence-corrected chi connectivity index (χ3v) is 5.46. The molecule has 1 aromatic carbocycles. The average Bonchev–Trinajstić information content (AvgIpc) is 2.80. The number of hydrogen-bond donors (Lipinski definition) is 1. The van der Waals surface area contributed by atoms with E-state index in [1.165, 1.54) is 18.0 Å². The highest BCUT2D eigenvalue weighted by atomic mass is 16.5. The first-order chi connectivity index (χ1) is 15.1. The molecule has 1 saturated heterocycles. The van der Waals surface area contributed by atoms with Gasteiger partial charge in [0.2, 0.25) is 5.91 Å². The molecule has 170 valence electrons. The maximum atomic E-state index is 12.8. The Morgan fingerprint density at radius 1 is 1.10 bits per heavy atom. The average molecular weight is 433 g/mol. The zero-order valence-electron chi connectivity index (χ0n) is 18.4. The maximum absolute atomic E-state index is 12.8. The van der Waals surface area contributed by atoms with Gasteiger partial charge in [0.15, 0.2) is 11.5 Å². The molecule has 0 atom stereocenters. The predicted octanol–water partition coefficient (Wildman–Crippen LogP) is 1.42. The molecule has 0 radical (unpaired) electrons. The van der Waals surface area contributed by atoms with E-state index in [0.29, 0.717) is 48.3 Å². The number of benzene rings is 1. The van der Waals surface area contributed by atoms with Crippen LogP contribution in [-0.4, -0.2) is 74.0 Å². The topological polar surface area (TPSA) is 94.9 Å². The number of hydrogen-bond acceptors (Lipinski definition) is 7. The van der Waals surface area contributed by atoms with Crippen molar-refractivity contribution in [2.75, 3.05) is 53.6 Å². The molecule has 1 aliphatic heterocycles. The van der Waals surface area contributed by atoms with Gasteiger partial charge in [-0.15, -0.1) is 0 Å². The van der Waals surface area contributed by atoms with Crippen LogP contribution in [0.4, 0.5) is 0 Å². The quantitative estimate of drug-likeness (QED) is 0.537. The van der Waals surface area contributed by atoms with Crippen LogP contribution < -0.4 is 20.3 Å². The Balaban J connectivity index is 1.41. The van der Waals surface area contributed by atoms with Crippen LogP contribution in [0.25, 0.3) is 10.9 Å². The number of unbranched alkanes of at least 4 members (excludes halogenated alkanes) is 1. The van der Waals surface area contributed by atoms with Crippen molar-refractivity contribution in [1.82, 2.24) is 19.8 Å². The van der Waals surface area contributed by atoms with E-state index in [1.807, 2.05) is 0 Å². The van der Waals surface area contributed by atoms with Gasteiger partial charge in [0.1, 0.15) is 0 Å². The number of morpholine rings is 1. The zero-order valence-corrected chi connectivity index (χ0v) is 18.4. The van der Waals surface area contributed by atoms with Crippen molar-refractivity contribution >= 4 is 16.8 Å². The van der Waals surface area contributed by atoms with Crippen LogP contribution in [0.3, 0.4) is 0 Å². The molecule has 1 aromatic heterocycles. The van der Waals surface area contributed by atoms with E-state index in [0.717, 1.165) is 45.7 Å². The summed E-state index contributed by atoms with van der Waals surface area (Å²) in [6.45, 7) is 5.78. The van der Waals surface area contributed by atoms with Gasteiger partial charge in [-0.05, 0) is 31.9 Å². The molecule has 0 unspecified atom stereocenters. The number of aryl methyl sites for hydroxylation is 1. The van der Waals surface area contributed by atoms with Gasteiger partial charge in [-0.1, -0.05) is 0 Å². The second-order valence-electron chi connectivity index (χ2n) is 7.58. The highest BCUT2D eigenvalue weighted by molar-refractivity contribution is 5.81. The Hall–Kier alpha value is -2.65. The van der Waals surface area contributed by atoms with E-state index < -0.39 is 0 Å². The number of nitrogens with zero attached hydrogens (tertiary/aromatic N) is 3. The summed E-state index contributed by atoms with van der Waals surface area (Å²) in [5.74, 6) is 1.03. The second-order valence-corrected chi connectivity index (χ2v) is 7.58. The SMILES string of the molecule is COc1cc2ncn(CCCC(=O)NCCCCN3CCOCC3)c(=O)c2cc1OC. The van der Waals surface area contributed by atoms with Gasteiger partial charge in [0, 0.05) is 38.7 Å². The molecule has 2 heterocycles. The smallest absolute Gasteiger partial charge is 0.261 e. The highest BCUT2D eigenvalue weighted by Crippen LogP contribution is 2.29. The Morgan fingerprint density at radius 2 is 1.84 bits per heavy atom. The standard InChI is InChI=1S/C22H32N4O5/c1-29-19-14-17-18(15-20(19)30-2)24-16-26(22(17)28)9-5-6-21(27)23-7-3-4-8-25-10-12-31-13-11-25/h14-16H,3-13H2,1-2H3,(H,23,27). The predicted molar refractivity (Wildman–Crippen MR) is 118 cm³/mol. The van der Waals surface area contributed by atoms with Crippen molar-refractivity contribution in [3.05, 3.63) is 28.8 Å². The number of nitrogens with one attached hydrogen (secondary N) is 1. The lowest BCUT2D eigenvalue weighted by atomic mass is 10.2. The maximum Gasteiger partial charge on any atom is 0.261 e. The van der Waals surface area contributed by atoms with E-state index in [-0.39, 0.29) is 11.5 Å². The molecule has 9 nitrogen and oxygen atoms in total. The number of methoxy groups -OCH3 is 2. The number of carbonyl (C=O) groups excluding carboxylic acids is 1. The second kappa shape index (κ2) is 11.7. The molecule has 1 fully saturated rings. The number of ether oxygens (including phenoxy) is 3. The fraction of sp³-hybridized carbons (Fsp3) is 0.591. The number of fused-ring (bicyclic) bond motifs is 1. The molecule has 31 heavy (non-hydrogen) atoms. The Morgan fingerprint density at radius 3 is 2.58 bits per heavy atom. The van der Waals surface area contributed by atoms with Crippen LogP contribution in [0.5, 0.6) is 11.5 Å². The molecule has 0 bridgehead atoms. The molecule has 0 aliphatic carbocycles. The third-order valence-electron chi connectivity index (χ3n) is 5.46. The normalized spacial score (nSPS) is 14.5. The Bertz CT molecular complexity index is 924. The largest absolute Gasteiger partial charge is 0.493 e. The summed E-state index contributed by atoms with van der Waals surface area (Å²) >= 11 is 0. The summed E-state index contributed by atoms with van der Waals surface area (Å²) in [6, 6.07) is 3.33. The van der Waals surface area contributed by atoms with E-state index in [4.69, 9.17) is 14.2 Å². The molecule has 2 aromatic rings. The summed E-state index contributed by atoms with van der Waals surface area (Å²) in [6.07, 6.45) is 4.48. The molecule has 1 aliphatic rings. The summed E-state index contributed by atoms with van der Waals surface area (Å²) < 4.78 is 17.4. The molecule has 1 N–H and O–H groups in total. The van der Waals surface area contributed by atoms with Crippen molar-refractivity contribution in [2.24, 2.45) is 0 Å². The van der Waals surface area contributed by atoms with Gasteiger partial charge < -0.3 is 19.5 Å². The van der Waals surface area contributed by atoms with Crippen LogP contribution in [0.1, 0.15) is 25.7 Å². The van der Waals surface area contributed by atoms with Crippen LogP contribution in [0, 0.1) is 0 Å². The minimum atomic E-state index is -0.158. The zero-order chi connectivity index (χ0) is 22.1. The van der Waals surface area contributed by atoms with Gasteiger partial charge in [0.25, 0.3) is 5.56 Å². The van der Waals surface area contributed by atoms with Gasteiger partial charge >= 0.3 is 0 Å². The first-order valence-corrected chi connectivity index (χ1v) is 10.8. The molecular weight excluding hydrogens is 400 g/mol. The summed E-state index contributed by atoms with van der Waals surface area (Å²) in [5.41, 5.74) is 0.392. The van der Waals surface area contributed by atoms with Crippen LogP contribution in [-0.2, 0) is 16.1 Å². The minimum absolute atomic E-state index is 0.0135. The van der Waals surface area contributed by atoms with Crippen LogP contribution >= 0.6 is 0 Å². The van der Waals surface area contributed by atoms with Crippen LogP contribution in [0.15, 0.2) is 23.3 Å². The lowest BCUT2D eigenvalue weighted by Crippen LogP contribution is -2.37. The third kappa shape index (κ3) is 6.41. The lowest BCUT2D eigenvalue weighted by molar-refractivity contribution is -0.121. The molecule has 9 heteroatoms. The fourth-order valence-corrected chi connectivity index (χ4v) is 3.66. The highest BCUT2D eigenvalue weighted by Gasteiger charge is 2.12. The summed E-state index contributed by atoms with van der Waals surface area (Å²) in [7, 11) is 3.07. The first kappa shape index (κ1) is 23.0. The fourth-order valence-electron chi connectivity index (χ4n) is 3.66. The Kier molecular flexibility index (Phi) is 8.66. The van der Waals surface area contributed by atoms with E-state index in [2.05, 4.69) is 15.2 Å². The number of aromatic nitrogens is 2. The number of rotatable bonds is 11. The monoisotopic (exact) mass is 432 g/mol. The number of amides is 1. The summed E-state index contributed by atoms with van der Waals surface area (Å²) in [5, 5.41) is 3.43. The number of carbonyl (C=O) groups is 1. The van der Waals surface area contributed by atoms with E-state index >= 15 is 0 Å². The van der Waals surface area contributed by atoms with Gasteiger partial charge in [-0.3, -0.25) is 19.1 Å². The van der Waals surface area contributed by atoms with Gasteiger partial charge in [-0.25, -0.2) is 4.98 Å². The van der Waals surface area contributed by atoms with E-state index in [1.54, 1.807) is 19.2 Å². The molecular formula is C22H32N4O5. The summed E-state index contributed by atoms with van der Waals surface area (Å²) in [4.78, 5) is 31.6. The van der Waals surface area contributed by atoms with Crippen molar-refractivity contribution in [3.8, 4) is 11.5 Å². The van der Waals surface area contributed by atoms with Gasteiger partial charge in [0.05, 0.1) is 44.7 Å². The first-order valence-electron chi connectivity index (χ1n) is 10.8. The Labute approximate surface area is 182 Å². The minimum Gasteiger partial charge on any atom is -0.493 e. The van der Waals surface area contributed by atoms with E-state index in [9.17, 15) is 9.59 Å². The molecule has 0 spiro atoms. The molecule has 1 amide bonds. The van der Waals surface area contributed by atoms with Gasteiger partial charge in [-0.2, -0.15) is 0 Å². The van der Waals surface area contributed by atoms with Crippen molar-refractivity contribution in [3.63, 3.8) is 0 Å². The lowest BCUT2D eigenvalue weighted by Gasteiger charge is -2.26. The molecule has 3 rings (SSSR count). The van der Waals surface area contributed by atoms with Crippen molar-refractivity contribution < 1.29 is 19.0 Å². The van der Waals surface area contributed by atoms with Crippen molar-refractivity contribution in [1.29, 1.82) is 0 Å².